The van der Waals surface area contributed by atoms with Crippen molar-refractivity contribution in [3.63, 3.8) is 0 Å². The molecule has 1 N–H and O–H groups in total. The van der Waals surface area contributed by atoms with Crippen molar-refractivity contribution < 1.29 is 14.4 Å². The number of amides is 3. The van der Waals surface area contributed by atoms with Crippen LogP contribution in [-0.4, -0.2) is 35.2 Å². The summed E-state index contributed by atoms with van der Waals surface area (Å²) >= 11 is 3.31. The fourth-order valence-electron chi connectivity index (χ4n) is 1.94. The third-order valence-corrected chi connectivity index (χ3v) is 3.61. The lowest BCUT2D eigenvalue weighted by molar-refractivity contribution is -0.138. The highest BCUT2D eigenvalue weighted by Crippen LogP contribution is 2.19. The van der Waals surface area contributed by atoms with Gasteiger partial charge in [0.2, 0.25) is 11.8 Å². The quantitative estimate of drug-likeness (QED) is 0.790. The number of carbonyl (C=O) groups excluding carboxylic acids is 3. The normalized spacial score (nSPS) is 19.3. The molecule has 1 unspecified atom stereocenters. The number of hydrogen-bond donors (Lipinski definition) is 1. The molecule has 3 amide bonds. The zero-order chi connectivity index (χ0) is 14.2. The maximum atomic E-state index is 12.4. The van der Waals surface area contributed by atoms with Gasteiger partial charge >= 0.3 is 0 Å². The molecule has 100 valence electrons. The number of nitrogens with one attached hydrogen (secondary N) is 1. The van der Waals surface area contributed by atoms with Crippen LogP contribution in [0.1, 0.15) is 22.8 Å². The number of rotatable bonds is 1. The first-order valence-electron chi connectivity index (χ1n) is 5.81. The second-order valence-corrected chi connectivity index (χ2v) is 5.40. The lowest BCUT2D eigenvalue weighted by Gasteiger charge is -2.32. The van der Waals surface area contributed by atoms with E-state index in [1.807, 2.05) is 19.1 Å². The second kappa shape index (κ2) is 5.13. The molecule has 1 aromatic carbocycles. The molecule has 0 saturated carbocycles. The number of benzene rings is 1. The van der Waals surface area contributed by atoms with Crippen LogP contribution in [0.5, 0.6) is 0 Å². The summed E-state index contributed by atoms with van der Waals surface area (Å²) in [6.07, 6.45) is 0. The van der Waals surface area contributed by atoms with Gasteiger partial charge in [0.1, 0.15) is 12.6 Å². The van der Waals surface area contributed by atoms with Gasteiger partial charge in [0.25, 0.3) is 5.91 Å². The van der Waals surface area contributed by atoms with Gasteiger partial charge in [-0.15, -0.1) is 0 Å². The van der Waals surface area contributed by atoms with Gasteiger partial charge in [0.15, 0.2) is 0 Å². The minimum Gasteiger partial charge on any atom is -0.318 e. The predicted octanol–water partition coefficient (Wildman–Crippen LogP) is 1.24. The van der Waals surface area contributed by atoms with Crippen LogP contribution in [0.25, 0.3) is 0 Å². The van der Waals surface area contributed by atoms with Gasteiger partial charge in [-0.25, -0.2) is 0 Å². The lowest BCUT2D eigenvalue weighted by Crippen LogP contribution is -2.58. The number of halogens is 1. The van der Waals surface area contributed by atoms with E-state index in [0.29, 0.717) is 5.56 Å². The fourth-order valence-corrected chi connectivity index (χ4v) is 2.30. The highest BCUT2D eigenvalue weighted by Gasteiger charge is 2.34. The summed E-state index contributed by atoms with van der Waals surface area (Å²) in [4.78, 5) is 36.7. The van der Waals surface area contributed by atoms with E-state index in [2.05, 4.69) is 21.2 Å². The summed E-state index contributed by atoms with van der Waals surface area (Å²) in [6, 6.07) is 4.70. The summed E-state index contributed by atoms with van der Waals surface area (Å²) in [5, 5.41) is 2.21. The van der Waals surface area contributed by atoms with E-state index in [1.54, 1.807) is 13.0 Å². The smallest absolute Gasteiger partial charge is 0.255 e. The maximum Gasteiger partial charge on any atom is 0.255 e. The van der Waals surface area contributed by atoms with Gasteiger partial charge in [0, 0.05) is 10.0 Å². The van der Waals surface area contributed by atoms with E-state index in [-0.39, 0.29) is 12.5 Å². The predicted molar refractivity (Wildman–Crippen MR) is 72.5 cm³/mol. The summed E-state index contributed by atoms with van der Waals surface area (Å²) in [7, 11) is 0. The molecule has 0 radical (unpaired) electrons. The van der Waals surface area contributed by atoms with Crippen molar-refractivity contribution in [3.05, 3.63) is 33.8 Å². The Morgan fingerprint density at radius 3 is 2.79 bits per heavy atom. The largest absolute Gasteiger partial charge is 0.318 e. The van der Waals surface area contributed by atoms with Gasteiger partial charge in [-0.05, 0) is 31.5 Å². The topological polar surface area (TPSA) is 66.5 Å². The van der Waals surface area contributed by atoms with Crippen LogP contribution < -0.4 is 5.32 Å². The van der Waals surface area contributed by atoms with Gasteiger partial charge in [-0.3, -0.25) is 19.7 Å². The van der Waals surface area contributed by atoms with Crippen molar-refractivity contribution >= 4 is 33.7 Å². The van der Waals surface area contributed by atoms with Crippen molar-refractivity contribution in [1.82, 2.24) is 10.2 Å². The van der Waals surface area contributed by atoms with E-state index < -0.39 is 17.9 Å². The molecule has 0 aliphatic carbocycles. The highest BCUT2D eigenvalue weighted by atomic mass is 79.9. The van der Waals surface area contributed by atoms with Gasteiger partial charge in [0.05, 0.1) is 0 Å². The number of hydrogen-bond acceptors (Lipinski definition) is 3. The molecule has 1 aliphatic heterocycles. The molecule has 0 spiro atoms. The third-order valence-electron chi connectivity index (χ3n) is 3.11. The van der Waals surface area contributed by atoms with Crippen molar-refractivity contribution in [2.24, 2.45) is 0 Å². The van der Waals surface area contributed by atoms with Crippen LogP contribution in [0.3, 0.4) is 0 Å². The maximum absolute atomic E-state index is 12.4. The number of imide groups is 1. The summed E-state index contributed by atoms with van der Waals surface area (Å²) in [5.74, 6) is -1.21. The number of carbonyl (C=O) groups is 3. The average Bonchev–Trinajstić information content (AvgIpc) is 2.36. The lowest BCUT2D eigenvalue weighted by atomic mass is 10.1. The van der Waals surface area contributed by atoms with Crippen LogP contribution >= 0.6 is 15.9 Å². The number of piperazine rings is 1. The van der Waals surface area contributed by atoms with Crippen molar-refractivity contribution in [2.45, 2.75) is 19.9 Å². The van der Waals surface area contributed by atoms with Crippen molar-refractivity contribution in [3.8, 4) is 0 Å². The average molecular weight is 325 g/mol. The number of nitrogens with zero attached hydrogens (tertiary/aromatic N) is 1. The Labute approximate surface area is 119 Å². The van der Waals surface area contributed by atoms with Crippen LogP contribution in [0.2, 0.25) is 0 Å². The molecular weight excluding hydrogens is 312 g/mol. The Hall–Kier alpha value is -1.69. The van der Waals surface area contributed by atoms with Gasteiger partial charge in [-0.2, -0.15) is 0 Å². The third kappa shape index (κ3) is 2.68. The summed E-state index contributed by atoms with van der Waals surface area (Å²) < 4.78 is 0.780. The first-order valence-corrected chi connectivity index (χ1v) is 6.60. The molecule has 1 aromatic rings. The molecule has 1 saturated heterocycles. The van der Waals surface area contributed by atoms with Crippen LogP contribution in [-0.2, 0) is 9.59 Å². The SMILES string of the molecule is Cc1ccc(Br)cc1C(=O)N1CC(=O)NC(=O)C1C. The molecule has 6 heteroatoms. The highest BCUT2D eigenvalue weighted by molar-refractivity contribution is 9.10. The molecular formula is C13H13BrN2O3. The van der Waals surface area contributed by atoms with E-state index in [1.165, 1.54) is 4.90 Å². The molecule has 1 heterocycles. The minimum absolute atomic E-state index is 0.0995. The Bertz CT molecular complexity index is 571. The Kier molecular flexibility index (Phi) is 3.71. The molecule has 2 rings (SSSR count). The van der Waals surface area contributed by atoms with E-state index in [0.717, 1.165) is 10.0 Å². The Morgan fingerprint density at radius 1 is 1.42 bits per heavy atom. The fraction of sp³-hybridized carbons (Fsp3) is 0.308. The van der Waals surface area contributed by atoms with Crippen LogP contribution in [0.15, 0.2) is 22.7 Å². The second-order valence-electron chi connectivity index (χ2n) is 4.48. The molecule has 0 bridgehead atoms. The van der Waals surface area contributed by atoms with E-state index in [9.17, 15) is 14.4 Å². The van der Waals surface area contributed by atoms with Gasteiger partial charge < -0.3 is 4.90 Å². The van der Waals surface area contributed by atoms with E-state index >= 15 is 0 Å². The zero-order valence-electron chi connectivity index (χ0n) is 10.6. The summed E-state index contributed by atoms with van der Waals surface area (Å²) in [6.45, 7) is 3.32. The van der Waals surface area contributed by atoms with Crippen LogP contribution in [0, 0.1) is 6.92 Å². The molecule has 1 atom stereocenters. The first kappa shape index (κ1) is 13.7. The number of aryl methyl sites for hydroxylation is 1. The molecule has 5 nitrogen and oxygen atoms in total. The van der Waals surface area contributed by atoms with Crippen LogP contribution in [0.4, 0.5) is 0 Å². The monoisotopic (exact) mass is 324 g/mol. The Balaban J connectivity index is 2.35. The molecule has 0 aromatic heterocycles. The molecule has 1 fully saturated rings. The zero-order valence-corrected chi connectivity index (χ0v) is 12.2. The van der Waals surface area contributed by atoms with Crippen molar-refractivity contribution in [1.29, 1.82) is 0 Å². The standard InChI is InChI=1S/C13H13BrN2O3/c1-7-3-4-9(14)5-10(7)13(19)16-6-11(17)15-12(18)8(16)2/h3-5,8H,6H2,1-2H3,(H,15,17,18). The first-order chi connectivity index (χ1) is 8.90. The van der Waals surface area contributed by atoms with Crippen molar-refractivity contribution in [2.75, 3.05) is 6.54 Å². The Morgan fingerprint density at radius 2 is 2.11 bits per heavy atom. The molecule has 19 heavy (non-hydrogen) atoms. The molecule has 1 aliphatic rings. The summed E-state index contributed by atoms with van der Waals surface area (Å²) in [5.41, 5.74) is 1.29. The minimum atomic E-state index is -0.649. The van der Waals surface area contributed by atoms with Gasteiger partial charge in [-0.1, -0.05) is 22.0 Å². The van der Waals surface area contributed by atoms with E-state index in [4.69, 9.17) is 0 Å².